The van der Waals surface area contributed by atoms with Gasteiger partial charge in [-0.15, -0.1) is 11.3 Å². The van der Waals surface area contributed by atoms with Gasteiger partial charge in [0.1, 0.15) is 0 Å². The SMILES string of the molecule is O=C(/C=C/c1cn(-c2ccccc2)nc1-c1ccc2ccccc2c1)c1cccc(NC(=O)c2cccs2)c1. The van der Waals surface area contributed by atoms with E-state index < -0.39 is 0 Å². The molecule has 0 bridgehead atoms. The van der Waals surface area contributed by atoms with E-state index in [1.807, 2.05) is 64.8 Å². The van der Waals surface area contributed by atoms with Crippen molar-refractivity contribution in [1.82, 2.24) is 9.78 Å². The lowest BCUT2D eigenvalue weighted by Gasteiger charge is -2.05. The fourth-order valence-electron chi connectivity index (χ4n) is 4.40. The highest BCUT2D eigenvalue weighted by Crippen LogP contribution is 2.28. The number of nitrogens with zero attached hydrogens (tertiary/aromatic N) is 2. The van der Waals surface area contributed by atoms with E-state index in [4.69, 9.17) is 5.10 Å². The van der Waals surface area contributed by atoms with Gasteiger partial charge in [-0.3, -0.25) is 9.59 Å². The summed E-state index contributed by atoms with van der Waals surface area (Å²) >= 11 is 1.37. The average molecular weight is 526 g/mol. The zero-order valence-electron chi connectivity index (χ0n) is 20.8. The van der Waals surface area contributed by atoms with Crippen molar-refractivity contribution in [2.75, 3.05) is 5.32 Å². The molecule has 0 unspecified atom stereocenters. The molecule has 2 heterocycles. The molecule has 1 amide bonds. The van der Waals surface area contributed by atoms with Crippen LogP contribution in [0.1, 0.15) is 25.6 Å². The van der Waals surface area contributed by atoms with Crippen LogP contribution in [0.5, 0.6) is 0 Å². The van der Waals surface area contributed by atoms with Crippen molar-refractivity contribution in [1.29, 1.82) is 0 Å². The number of benzene rings is 4. The normalized spacial score (nSPS) is 11.2. The minimum absolute atomic E-state index is 0.167. The number of rotatable bonds is 7. The largest absolute Gasteiger partial charge is 0.321 e. The number of hydrogen-bond acceptors (Lipinski definition) is 4. The highest BCUT2D eigenvalue weighted by atomic mass is 32.1. The molecule has 1 N–H and O–H groups in total. The molecule has 0 spiro atoms. The first-order valence-corrected chi connectivity index (χ1v) is 13.3. The third-order valence-electron chi connectivity index (χ3n) is 6.35. The molecule has 0 aliphatic heterocycles. The molecule has 2 aromatic heterocycles. The molecule has 188 valence electrons. The van der Waals surface area contributed by atoms with Gasteiger partial charge in [0, 0.05) is 28.6 Å². The van der Waals surface area contributed by atoms with Crippen molar-refractivity contribution in [3.63, 3.8) is 0 Å². The number of hydrogen-bond donors (Lipinski definition) is 1. The number of fused-ring (bicyclic) bond motifs is 1. The van der Waals surface area contributed by atoms with Gasteiger partial charge in [-0.1, -0.05) is 72.8 Å². The zero-order chi connectivity index (χ0) is 26.6. The number of carbonyl (C=O) groups is 2. The van der Waals surface area contributed by atoms with E-state index in [9.17, 15) is 9.59 Å². The zero-order valence-corrected chi connectivity index (χ0v) is 21.6. The predicted octanol–water partition coefficient (Wildman–Crippen LogP) is 7.90. The van der Waals surface area contributed by atoms with Gasteiger partial charge >= 0.3 is 0 Å². The summed E-state index contributed by atoms with van der Waals surface area (Å²) in [5.41, 5.74) is 4.56. The van der Waals surface area contributed by atoms with Gasteiger partial charge in [-0.2, -0.15) is 5.10 Å². The highest BCUT2D eigenvalue weighted by molar-refractivity contribution is 7.12. The monoisotopic (exact) mass is 525 g/mol. The van der Waals surface area contributed by atoms with Gasteiger partial charge in [-0.25, -0.2) is 4.68 Å². The number of thiophene rings is 1. The maximum atomic E-state index is 13.2. The number of allylic oxidation sites excluding steroid dienone is 1. The Balaban J connectivity index is 1.31. The van der Waals surface area contributed by atoms with Crippen LogP contribution < -0.4 is 5.32 Å². The molecule has 0 aliphatic rings. The number of amides is 1. The van der Waals surface area contributed by atoms with Crippen LogP contribution in [0, 0.1) is 0 Å². The van der Waals surface area contributed by atoms with E-state index in [1.54, 1.807) is 42.5 Å². The van der Waals surface area contributed by atoms with E-state index in [0.29, 0.717) is 16.1 Å². The van der Waals surface area contributed by atoms with E-state index in [0.717, 1.165) is 33.3 Å². The lowest BCUT2D eigenvalue weighted by Crippen LogP contribution is -2.10. The maximum absolute atomic E-state index is 13.2. The van der Waals surface area contributed by atoms with Crippen LogP contribution >= 0.6 is 11.3 Å². The number of nitrogens with one attached hydrogen (secondary N) is 1. The van der Waals surface area contributed by atoms with Gasteiger partial charge in [0.15, 0.2) is 5.78 Å². The van der Waals surface area contributed by atoms with Crippen LogP contribution in [0.3, 0.4) is 0 Å². The fourth-order valence-corrected chi connectivity index (χ4v) is 5.01. The first kappa shape index (κ1) is 24.3. The molecular formula is C33H23N3O2S. The minimum atomic E-state index is -0.196. The van der Waals surface area contributed by atoms with Gasteiger partial charge in [0.05, 0.1) is 16.3 Å². The van der Waals surface area contributed by atoms with E-state index in [-0.39, 0.29) is 11.7 Å². The Morgan fingerprint density at radius 3 is 2.44 bits per heavy atom. The molecule has 39 heavy (non-hydrogen) atoms. The molecule has 0 aliphatic carbocycles. The van der Waals surface area contributed by atoms with Crippen LogP contribution in [0.25, 0.3) is 33.8 Å². The van der Waals surface area contributed by atoms with Crippen LogP contribution in [0.15, 0.2) is 127 Å². The predicted molar refractivity (Wildman–Crippen MR) is 159 cm³/mol. The maximum Gasteiger partial charge on any atom is 0.265 e. The number of aromatic nitrogens is 2. The molecule has 6 aromatic rings. The molecule has 6 heteroatoms. The number of ketones is 1. The summed E-state index contributed by atoms with van der Waals surface area (Å²) < 4.78 is 1.83. The Morgan fingerprint density at radius 2 is 1.62 bits per heavy atom. The Hall–Kier alpha value is -5.07. The van der Waals surface area contributed by atoms with E-state index in [1.165, 1.54) is 11.3 Å². The van der Waals surface area contributed by atoms with Gasteiger partial charge in [0.25, 0.3) is 5.91 Å². The van der Waals surface area contributed by atoms with E-state index >= 15 is 0 Å². The van der Waals surface area contributed by atoms with Crippen molar-refractivity contribution < 1.29 is 9.59 Å². The number of carbonyl (C=O) groups excluding carboxylic acids is 2. The first-order chi connectivity index (χ1) is 19.1. The summed E-state index contributed by atoms with van der Waals surface area (Å²) in [6.07, 6.45) is 5.29. The van der Waals surface area contributed by atoms with Crippen LogP contribution in [0.4, 0.5) is 5.69 Å². The smallest absolute Gasteiger partial charge is 0.265 e. The topological polar surface area (TPSA) is 64.0 Å². The van der Waals surface area contributed by atoms with Crippen molar-refractivity contribution in [2.45, 2.75) is 0 Å². The number of para-hydroxylation sites is 1. The second-order valence-corrected chi connectivity index (χ2v) is 9.93. The van der Waals surface area contributed by atoms with Gasteiger partial charge < -0.3 is 5.32 Å². The van der Waals surface area contributed by atoms with Crippen LogP contribution in [-0.2, 0) is 0 Å². The third-order valence-corrected chi connectivity index (χ3v) is 7.22. The molecule has 0 saturated heterocycles. The summed E-state index contributed by atoms with van der Waals surface area (Å²) in [6, 6.07) is 34.9. The Labute approximate surface area is 229 Å². The Bertz CT molecular complexity index is 1820. The fraction of sp³-hybridized carbons (Fsp3) is 0. The molecule has 0 atom stereocenters. The highest BCUT2D eigenvalue weighted by Gasteiger charge is 2.13. The average Bonchev–Trinajstić information content (AvgIpc) is 3.67. The van der Waals surface area contributed by atoms with E-state index in [2.05, 4.69) is 35.6 Å². The molecule has 6 rings (SSSR count). The minimum Gasteiger partial charge on any atom is -0.321 e. The van der Waals surface area contributed by atoms with Crippen molar-refractivity contribution in [3.8, 4) is 16.9 Å². The quantitative estimate of drug-likeness (QED) is 0.170. The summed E-state index contributed by atoms with van der Waals surface area (Å²) in [7, 11) is 0. The van der Waals surface area contributed by atoms with Crippen molar-refractivity contribution in [2.24, 2.45) is 0 Å². The summed E-state index contributed by atoms with van der Waals surface area (Å²) in [5, 5.41) is 11.9. The Kier molecular flexibility index (Phi) is 6.68. The van der Waals surface area contributed by atoms with Crippen LogP contribution in [0.2, 0.25) is 0 Å². The second kappa shape index (κ2) is 10.7. The molecule has 0 saturated carbocycles. The molecule has 0 fully saturated rings. The first-order valence-electron chi connectivity index (χ1n) is 12.5. The third kappa shape index (κ3) is 5.32. The van der Waals surface area contributed by atoms with Crippen molar-refractivity contribution >= 4 is 45.6 Å². The van der Waals surface area contributed by atoms with Crippen LogP contribution in [-0.4, -0.2) is 21.5 Å². The molecule has 4 aromatic carbocycles. The number of anilines is 1. The van der Waals surface area contributed by atoms with Crippen molar-refractivity contribution in [3.05, 3.63) is 143 Å². The summed E-state index contributed by atoms with van der Waals surface area (Å²) in [6.45, 7) is 0. The summed E-state index contributed by atoms with van der Waals surface area (Å²) in [4.78, 5) is 26.2. The summed E-state index contributed by atoms with van der Waals surface area (Å²) in [5.74, 6) is -0.363. The second-order valence-electron chi connectivity index (χ2n) is 8.98. The van der Waals surface area contributed by atoms with Gasteiger partial charge in [0.2, 0.25) is 0 Å². The lowest BCUT2D eigenvalue weighted by molar-refractivity contribution is 0.102. The lowest BCUT2D eigenvalue weighted by atomic mass is 10.0. The molecule has 0 radical (unpaired) electrons. The molecule has 5 nitrogen and oxygen atoms in total. The standard InChI is InChI=1S/C33H23N3O2S/c37-30(25-10-6-11-28(21-25)34-33(38)31-14-7-19-39-31)18-17-27-22-36(29-12-2-1-3-13-29)35-32(27)26-16-15-23-8-4-5-9-24(23)20-26/h1-22H,(H,34,38)/b18-17+. The van der Waals surface area contributed by atoms with Gasteiger partial charge in [-0.05, 0) is 64.7 Å². The Morgan fingerprint density at radius 1 is 0.795 bits per heavy atom. The molecular weight excluding hydrogens is 502 g/mol.